The van der Waals surface area contributed by atoms with E-state index < -0.39 is 0 Å². The highest BCUT2D eigenvalue weighted by Crippen LogP contribution is 2.24. The van der Waals surface area contributed by atoms with E-state index in [1.54, 1.807) is 6.20 Å². The topological polar surface area (TPSA) is 93.3 Å². The third-order valence-electron chi connectivity index (χ3n) is 4.33. The molecule has 2 aromatic rings. The second-order valence-electron chi connectivity index (χ2n) is 6.20. The van der Waals surface area contributed by atoms with Crippen molar-refractivity contribution in [2.45, 2.75) is 39.2 Å². The number of aliphatic hydroxyl groups is 1. The average molecular weight is 344 g/mol. The standard InChI is InChI=1S/C19H28N4O2/c1-3-14(2)16(13-24)22-18-17(12-21-19(20)23-18)25-11-7-10-15-8-5-4-6-9-15/h4-6,8-9,12,14,16,24H,3,7,10-11,13H2,1-2H3,(H3,20,21,22,23)/t14-,16+/m0/s1. The highest BCUT2D eigenvalue weighted by atomic mass is 16.5. The minimum atomic E-state index is -0.106. The molecule has 6 nitrogen and oxygen atoms in total. The molecule has 0 spiro atoms. The molecule has 0 radical (unpaired) electrons. The summed E-state index contributed by atoms with van der Waals surface area (Å²) in [5, 5.41) is 12.9. The van der Waals surface area contributed by atoms with Gasteiger partial charge in [-0.2, -0.15) is 4.98 Å². The molecule has 4 N–H and O–H groups in total. The van der Waals surface area contributed by atoms with Gasteiger partial charge in [0.15, 0.2) is 11.6 Å². The van der Waals surface area contributed by atoms with Gasteiger partial charge in [-0.15, -0.1) is 0 Å². The Morgan fingerprint density at radius 1 is 1.28 bits per heavy atom. The van der Waals surface area contributed by atoms with E-state index in [2.05, 4.69) is 41.3 Å². The van der Waals surface area contributed by atoms with Gasteiger partial charge in [-0.25, -0.2) is 4.98 Å². The van der Waals surface area contributed by atoms with Crippen molar-refractivity contribution in [1.29, 1.82) is 0 Å². The summed E-state index contributed by atoms with van der Waals surface area (Å²) in [4.78, 5) is 8.25. The first-order valence-electron chi connectivity index (χ1n) is 8.80. The van der Waals surface area contributed by atoms with Crippen LogP contribution in [0.1, 0.15) is 32.3 Å². The lowest BCUT2D eigenvalue weighted by Crippen LogP contribution is -2.31. The SMILES string of the molecule is CC[C@H](C)[C@@H](CO)Nc1nc(N)ncc1OCCCc1ccccc1. The van der Waals surface area contributed by atoms with Gasteiger partial charge in [0.2, 0.25) is 5.95 Å². The van der Waals surface area contributed by atoms with Gasteiger partial charge < -0.3 is 20.9 Å². The maximum absolute atomic E-state index is 9.61. The number of nitrogens with zero attached hydrogens (tertiary/aromatic N) is 2. The number of nitrogens with two attached hydrogens (primary N) is 1. The lowest BCUT2D eigenvalue weighted by Gasteiger charge is -2.23. The highest BCUT2D eigenvalue weighted by molar-refractivity contribution is 5.52. The number of hydrogen-bond acceptors (Lipinski definition) is 6. The van der Waals surface area contributed by atoms with Gasteiger partial charge in [-0.05, 0) is 24.3 Å². The summed E-state index contributed by atoms with van der Waals surface area (Å²) in [7, 11) is 0. The number of aliphatic hydroxyl groups excluding tert-OH is 1. The van der Waals surface area contributed by atoms with E-state index in [0.29, 0.717) is 24.1 Å². The molecule has 0 unspecified atom stereocenters. The Labute approximate surface area is 149 Å². The van der Waals surface area contributed by atoms with Gasteiger partial charge in [-0.3, -0.25) is 0 Å². The van der Waals surface area contributed by atoms with Gasteiger partial charge in [0.05, 0.1) is 25.5 Å². The van der Waals surface area contributed by atoms with Crippen LogP contribution in [0.2, 0.25) is 0 Å². The van der Waals surface area contributed by atoms with Crippen LogP contribution >= 0.6 is 0 Å². The van der Waals surface area contributed by atoms with E-state index in [9.17, 15) is 5.11 Å². The van der Waals surface area contributed by atoms with Crippen LogP contribution in [-0.2, 0) is 6.42 Å². The number of ether oxygens (including phenoxy) is 1. The van der Waals surface area contributed by atoms with Crippen molar-refractivity contribution in [3.63, 3.8) is 0 Å². The van der Waals surface area contributed by atoms with Crippen LogP contribution in [0.5, 0.6) is 5.75 Å². The maximum atomic E-state index is 9.61. The lowest BCUT2D eigenvalue weighted by atomic mass is 10.00. The molecule has 0 amide bonds. The summed E-state index contributed by atoms with van der Waals surface area (Å²) in [5.74, 6) is 1.57. The molecule has 0 saturated heterocycles. The number of nitrogens with one attached hydrogen (secondary N) is 1. The van der Waals surface area contributed by atoms with Crippen molar-refractivity contribution in [3.8, 4) is 5.75 Å². The Balaban J connectivity index is 1.95. The molecule has 0 aliphatic carbocycles. The normalized spacial score (nSPS) is 13.2. The van der Waals surface area contributed by atoms with Crippen molar-refractivity contribution in [2.75, 3.05) is 24.3 Å². The molecule has 0 bridgehead atoms. The Hall–Kier alpha value is -2.34. The fourth-order valence-corrected chi connectivity index (χ4v) is 2.52. The smallest absolute Gasteiger partial charge is 0.222 e. The van der Waals surface area contributed by atoms with Crippen molar-refractivity contribution < 1.29 is 9.84 Å². The summed E-state index contributed by atoms with van der Waals surface area (Å²) < 4.78 is 5.85. The van der Waals surface area contributed by atoms with Crippen molar-refractivity contribution in [3.05, 3.63) is 42.1 Å². The molecule has 136 valence electrons. The first-order valence-corrected chi connectivity index (χ1v) is 8.80. The molecule has 6 heteroatoms. The molecule has 25 heavy (non-hydrogen) atoms. The number of nitrogen functional groups attached to an aromatic ring is 1. The maximum Gasteiger partial charge on any atom is 0.222 e. The lowest BCUT2D eigenvalue weighted by molar-refractivity contribution is 0.240. The number of benzene rings is 1. The predicted molar refractivity (Wildman–Crippen MR) is 101 cm³/mol. The van der Waals surface area contributed by atoms with E-state index in [-0.39, 0.29) is 18.6 Å². The quantitative estimate of drug-likeness (QED) is 0.574. The van der Waals surface area contributed by atoms with Crippen LogP contribution in [-0.4, -0.2) is 34.3 Å². The van der Waals surface area contributed by atoms with Crippen LogP contribution < -0.4 is 15.8 Å². The van der Waals surface area contributed by atoms with Gasteiger partial charge in [0.1, 0.15) is 0 Å². The first kappa shape index (κ1) is 19.0. The highest BCUT2D eigenvalue weighted by Gasteiger charge is 2.18. The third-order valence-corrected chi connectivity index (χ3v) is 4.33. The van der Waals surface area contributed by atoms with Crippen molar-refractivity contribution >= 4 is 11.8 Å². The predicted octanol–water partition coefficient (Wildman–Crippen LogP) is 2.89. The summed E-state index contributed by atoms with van der Waals surface area (Å²) in [6, 6.07) is 10.2. The largest absolute Gasteiger partial charge is 0.488 e. The minimum Gasteiger partial charge on any atom is -0.488 e. The molecule has 2 atom stereocenters. The fraction of sp³-hybridized carbons (Fsp3) is 0.474. The zero-order valence-electron chi connectivity index (χ0n) is 15.0. The molecule has 0 aliphatic heterocycles. The first-order chi connectivity index (χ1) is 12.1. The molecule has 2 rings (SSSR count). The van der Waals surface area contributed by atoms with Crippen LogP contribution in [0.25, 0.3) is 0 Å². The fourth-order valence-electron chi connectivity index (χ4n) is 2.52. The van der Waals surface area contributed by atoms with E-state index in [0.717, 1.165) is 19.3 Å². The number of hydrogen-bond donors (Lipinski definition) is 3. The molecule has 1 aromatic carbocycles. The van der Waals surface area contributed by atoms with Crippen LogP contribution in [0.4, 0.5) is 11.8 Å². The van der Waals surface area contributed by atoms with Gasteiger partial charge in [0, 0.05) is 0 Å². The van der Waals surface area contributed by atoms with Crippen LogP contribution in [0, 0.1) is 5.92 Å². The minimum absolute atomic E-state index is 0.0202. The molecule has 1 heterocycles. The van der Waals surface area contributed by atoms with E-state index >= 15 is 0 Å². The Kier molecular flexibility index (Phi) is 7.47. The Bertz CT molecular complexity index is 637. The van der Waals surface area contributed by atoms with Gasteiger partial charge in [0.25, 0.3) is 0 Å². The number of aromatic nitrogens is 2. The number of rotatable bonds is 10. The zero-order valence-corrected chi connectivity index (χ0v) is 15.0. The second-order valence-corrected chi connectivity index (χ2v) is 6.20. The Morgan fingerprint density at radius 3 is 2.72 bits per heavy atom. The number of aryl methyl sites for hydroxylation is 1. The van der Waals surface area contributed by atoms with Crippen LogP contribution in [0.3, 0.4) is 0 Å². The number of anilines is 2. The van der Waals surface area contributed by atoms with Gasteiger partial charge in [-0.1, -0.05) is 50.6 Å². The van der Waals surface area contributed by atoms with Crippen LogP contribution in [0.15, 0.2) is 36.5 Å². The van der Waals surface area contributed by atoms with Crippen molar-refractivity contribution in [2.24, 2.45) is 5.92 Å². The molecule has 0 saturated carbocycles. The summed E-state index contributed by atoms with van der Waals surface area (Å²) in [6.45, 7) is 4.75. The molecule has 0 aliphatic rings. The second kappa shape index (κ2) is 9.84. The summed E-state index contributed by atoms with van der Waals surface area (Å²) >= 11 is 0. The van der Waals surface area contributed by atoms with E-state index in [1.165, 1.54) is 5.56 Å². The van der Waals surface area contributed by atoms with Gasteiger partial charge >= 0.3 is 0 Å². The van der Waals surface area contributed by atoms with E-state index in [4.69, 9.17) is 10.5 Å². The average Bonchev–Trinajstić information content (AvgIpc) is 2.64. The third kappa shape index (κ3) is 5.90. The monoisotopic (exact) mass is 344 g/mol. The summed E-state index contributed by atoms with van der Waals surface area (Å²) in [5.41, 5.74) is 6.99. The van der Waals surface area contributed by atoms with Crippen molar-refractivity contribution in [1.82, 2.24) is 9.97 Å². The molecule has 1 aromatic heterocycles. The van der Waals surface area contributed by atoms with E-state index in [1.807, 2.05) is 18.2 Å². The molecular formula is C19H28N4O2. The Morgan fingerprint density at radius 2 is 2.04 bits per heavy atom. The molecular weight excluding hydrogens is 316 g/mol. The summed E-state index contributed by atoms with van der Waals surface area (Å²) in [6.07, 6.45) is 4.37. The molecule has 0 fully saturated rings. The zero-order chi connectivity index (χ0) is 18.1.